The van der Waals surface area contributed by atoms with Crippen LogP contribution in [0.1, 0.15) is 12.5 Å². The molecule has 3 nitrogen and oxygen atoms in total. The van der Waals surface area contributed by atoms with Crippen molar-refractivity contribution in [2.75, 3.05) is 13.1 Å². The van der Waals surface area contributed by atoms with Crippen molar-refractivity contribution >= 4 is 10.4 Å². The van der Waals surface area contributed by atoms with Gasteiger partial charge in [-0.25, -0.2) is 0 Å². The van der Waals surface area contributed by atoms with Crippen molar-refractivity contribution in [2.24, 2.45) is 0 Å². The summed E-state index contributed by atoms with van der Waals surface area (Å²) < 4.78 is 34.6. The van der Waals surface area contributed by atoms with Crippen molar-refractivity contribution in [1.82, 2.24) is 4.31 Å². The molecule has 1 aromatic rings. The van der Waals surface area contributed by atoms with Crippen LogP contribution in [0.25, 0.3) is 0 Å². The minimum atomic E-state index is -4.51. The van der Waals surface area contributed by atoms with E-state index >= 15 is 0 Å². The Balaban J connectivity index is 2.16. The van der Waals surface area contributed by atoms with Crippen molar-refractivity contribution in [2.45, 2.75) is 12.3 Å². The maximum Gasteiger partial charge on any atom is 0.374 e. The molecule has 2 rings (SSSR count). The Kier molecular flexibility index (Phi) is 2.31. The summed E-state index contributed by atoms with van der Waals surface area (Å²) in [7, 11) is -4.51. The normalized spacial score (nSPS) is 20.9. The first-order valence-corrected chi connectivity index (χ1v) is 6.01. The van der Waals surface area contributed by atoms with Gasteiger partial charge < -0.3 is 0 Å². The highest BCUT2D eigenvalue weighted by Gasteiger charge is 2.45. The molecule has 0 aliphatic carbocycles. The fraction of sp³-hybridized carbons (Fsp3) is 0.400. The quantitative estimate of drug-likeness (QED) is 0.720. The average Bonchev–Trinajstić information content (AvgIpc) is 2.13. The average molecular weight is 229 g/mol. The van der Waals surface area contributed by atoms with E-state index in [2.05, 4.69) is 0 Å². The smallest absolute Gasteiger partial charge is 0.177 e. The summed E-state index contributed by atoms with van der Waals surface area (Å²) in [5.74, 6) is 0. The van der Waals surface area contributed by atoms with Gasteiger partial charge in [-0.3, -0.25) is 0 Å². The number of hydrogen-bond donors (Lipinski definition) is 0. The van der Waals surface area contributed by atoms with Crippen molar-refractivity contribution < 1.29 is 12.3 Å². The highest BCUT2D eigenvalue weighted by atomic mass is 32.3. The van der Waals surface area contributed by atoms with E-state index in [0.717, 1.165) is 9.87 Å². The summed E-state index contributed by atoms with van der Waals surface area (Å²) in [4.78, 5) is 0. The van der Waals surface area contributed by atoms with Gasteiger partial charge in [-0.05, 0) is 5.56 Å². The summed E-state index contributed by atoms with van der Waals surface area (Å²) >= 11 is 0. The second kappa shape index (κ2) is 3.28. The fourth-order valence-electron chi connectivity index (χ4n) is 1.91. The van der Waals surface area contributed by atoms with E-state index in [1.165, 1.54) is 0 Å². The van der Waals surface area contributed by atoms with Crippen molar-refractivity contribution in [3.63, 3.8) is 0 Å². The van der Waals surface area contributed by atoms with E-state index in [-0.39, 0.29) is 18.5 Å². The monoisotopic (exact) mass is 229 g/mol. The number of rotatable bonds is 2. The van der Waals surface area contributed by atoms with Gasteiger partial charge in [-0.2, -0.15) is 12.7 Å². The summed E-state index contributed by atoms with van der Waals surface area (Å²) in [5, 5.41) is 0. The molecule has 0 radical (unpaired) electrons. The van der Waals surface area contributed by atoms with Crippen LogP contribution in [0.5, 0.6) is 0 Å². The minimum Gasteiger partial charge on any atom is -0.177 e. The first-order valence-electron chi connectivity index (χ1n) is 4.67. The van der Waals surface area contributed by atoms with Gasteiger partial charge in [0.25, 0.3) is 0 Å². The number of nitrogens with zero attached hydrogens (tertiary/aromatic N) is 1. The van der Waals surface area contributed by atoms with E-state index in [4.69, 9.17) is 0 Å². The second-order valence-electron chi connectivity index (χ2n) is 4.14. The van der Waals surface area contributed by atoms with Gasteiger partial charge in [0.1, 0.15) is 0 Å². The van der Waals surface area contributed by atoms with Gasteiger partial charge in [0.15, 0.2) is 0 Å². The maximum absolute atomic E-state index is 12.6. The van der Waals surface area contributed by atoms with Crippen LogP contribution in [0.3, 0.4) is 0 Å². The van der Waals surface area contributed by atoms with Gasteiger partial charge in [0.2, 0.25) is 0 Å². The topological polar surface area (TPSA) is 37.4 Å². The highest BCUT2D eigenvalue weighted by Crippen LogP contribution is 2.35. The summed E-state index contributed by atoms with van der Waals surface area (Å²) in [6.45, 7) is 2.37. The molecular formula is C10H12FNO2S. The van der Waals surface area contributed by atoms with Crippen LogP contribution in [0.15, 0.2) is 30.3 Å². The van der Waals surface area contributed by atoms with Crippen LogP contribution in [0.2, 0.25) is 0 Å². The van der Waals surface area contributed by atoms with Crippen LogP contribution in [-0.4, -0.2) is 25.8 Å². The van der Waals surface area contributed by atoms with Gasteiger partial charge in [0, 0.05) is 18.5 Å². The van der Waals surface area contributed by atoms with Crippen LogP contribution >= 0.6 is 0 Å². The molecule has 0 aromatic heterocycles. The van der Waals surface area contributed by atoms with Crippen LogP contribution in [-0.2, 0) is 15.8 Å². The molecule has 0 saturated carbocycles. The summed E-state index contributed by atoms with van der Waals surface area (Å²) in [5.41, 5.74) is 0.797. The predicted molar refractivity (Wildman–Crippen MR) is 55.4 cm³/mol. The number of hydrogen-bond acceptors (Lipinski definition) is 2. The Morgan fingerprint density at radius 3 is 2.27 bits per heavy atom. The molecule has 1 aliphatic rings. The lowest BCUT2D eigenvalue weighted by Gasteiger charge is -2.45. The van der Waals surface area contributed by atoms with Crippen molar-refractivity contribution in [1.29, 1.82) is 0 Å². The van der Waals surface area contributed by atoms with E-state index in [1.807, 2.05) is 37.3 Å². The molecule has 0 atom stereocenters. The summed E-state index contributed by atoms with van der Waals surface area (Å²) in [6.07, 6.45) is 0. The zero-order chi connectivity index (χ0) is 11.1. The Bertz CT molecular complexity index is 452. The lowest BCUT2D eigenvalue weighted by Crippen LogP contribution is -2.58. The van der Waals surface area contributed by atoms with Crippen LogP contribution < -0.4 is 0 Å². The van der Waals surface area contributed by atoms with E-state index in [1.54, 1.807) is 0 Å². The van der Waals surface area contributed by atoms with Crippen molar-refractivity contribution in [3.8, 4) is 0 Å². The van der Waals surface area contributed by atoms with E-state index in [9.17, 15) is 12.3 Å². The molecule has 1 fully saturated rings. The van der Waals surface area contributed by atoms with E-state index < -0.39 is 10.4 Å². The van der Waals surface area contributed by atoms with E-state index in [0.29, 0.717) is 0 Å². The molecule has 0 spiro atoms. The standard InChI is InChI=1S/C10H12FNO2S/c1-10(9-5-3-2-4-6-9)7-12(8-10)15(11,13)14/h2-6H,7-8H2,1H3. The molecule has 0 unspecified atom stereocenters. The van der Waals surface area contributed by atoms with Gasteiger partial charge in [0.05, 0.1) is 0 Å². The predicted octanol–water partition coefficient (Wildman–Crippen LogP) is 1.47. The van der Waals surface area contributed by atoms with Gasteiger partial charge >= 0.3 is 10.4 Å². The van der Waals surface area contributed by atoms with Gasteiger partial charge in [-0.1, -0.05) is 41.1 Å². The maximum atomic E-state index is 12.6. The zero-order valence-corrected chi connectivity index (χ0v) is 9.17. The molecule has 1 aliphatic heterocycles. The Labute approximate surface area is 88.9 Å². The lowest BCUT2D eigenvalue weighted by molar-refractivity contribution is 0.163. The second-order valence-corrected chi connectivity index (χ2v) is 5.48. The zero-order valence-electron chi connectivity index (χ0n) is 8.35. The Hall–Kier alpha value is -0.940. The molecule has 1 heterocycles. The third-order valence-electron chi connectivity index (χ3n) is 2.83. The molecule has 82 valence electrons. The molecule has 5 heteroatoms. The SMILES string of the molecule is CC1(c2ccccc2)CN(S(=O)(=O)F)C1. The molecule has 0 bridgehead atoms. The summed E-state index contributed by atoms with van der Waals surface area (Å²) in [6, 6.07) is 9.56. The number of benzene rings is 1. The number of halogens is 1. The van der Waals surface area contributed by atoms with Gasteiger partial charge in [-0.15, -0.1) is 0 Å². The first kappa shape index (κ1) is 10.6. The minimum absolute atomic E-state index is 0.218. The first-order chi connectivity index (χ1) is 6.92. The molecule has 0 amide bonds. The lowest BCUT2D eigenvalue weighted by atomic mass is 9.77. The highest BCUT2D eigenvalue weighted by molar-refractivity contribution is 7.84. The fourth-order valence-corrected chi connectivity index (χ4v) is 2.79. The van der Waals surface area contributed by atoms with Crippen LogP contribution in [0.4, 0.5) is 3.89 Å². The van der Waals surface area contributed by atoms with Crippen LogP contribution in [0, 0.1) is 0 Å². The molecule has 1 aromatic carbocycles. The molecular weight excluding hydrogens is 217 g/mol. The third kappa shape index (κ3) is 1.89. The van der Waals surface area contributed by atoms with Crippen molar-refractivity contribution in [3.05, 3.63) is 35.9 Å². The Morgan fingerprint density at radius 2 is 1.80 bits per heavy atom. The largest absolute Gasteiger partial charge is 0.374 e. The molecule has 1 saturated heterocycles. The third-order valence-corrected chi connectivity index (χ3v) is 3.70. The molecule has 0 N–H and O–H groups in total. The molecule has 15 heavy (non-hydrogen) atoms. The Morgan fingerprint density at radius 1 is 1.27 bits per heavy atom.